The highest BCUT2D eigenvalue weighted by molar-refractivity contribution is 5.06. The van der Waals surface area contributed by atoms with Crippen LogP contribution in [0.2, 0.25) is 0 Å². The van der Waals surface area contributed by atoms with Crippen molar-refractivity contribution in [3.05, 3.63) is 22.1 Å². The molecule has 0 aliphatic rings. The lowest BCUT2D eigenvalue weighted by molar-refractivity contribution is 0.341. The van der Waals surface area contributed by atoms with Crippen molar-refractivity contribution in [2.45, 2.75) is 26.3 Å². The van der Waals surface area contributed by atoms with Crippen LogP contribution in [0.4, 0.5) is 0 Å². The first-order valence-corrected chi connectivity index (χ1v) is 5.46. The molecular weight excluding hydrogens is 206 g/mol. The molecule has 1 rings (SSSR count). The van der Waals surface area contributed by atoms with Crippen LogP contribution < -0.4 is 15.6 Å². The maximum Gasteiger partial charge on any atom is 0.299 e. The highest BCUT2D eigenvalue weighted by Crippen LogP contribution is 2.05. The Morgan fingerprint density at radius 2 is 2.25 bits per heavy atom. The van der Waals surface area contributed by atoms with Crippen LogP contribution in [-0.4, -0.2) is 30.3 Å². The van der Waals surface area contributed by atoms with Crippen LogP contribution in [0.1, 0.15) is 18.5 Å². The molecule has 0 aromatic carbocycles. The van der Waals surface area contributed by atoms with Crippen molar-refractivity contribution in [3.8, 4) is 6.01 Å². The van der Waals surface area contributed by atoms with E-state index in [0.717, 1.165) is 19.4 Å². The summed E-state index contributed by atoms with van der Waals surface area (Å²) in [5.41, 5.74) is 0.641. The summed E-state index contributed by atoms with van der Waals surface area (Å²) in [6.45, 7) is 3.39. The summed E-state index contributed by atoms with van der Waals surface area (Å²) in [6.07, 6.45) is 1.96. The number of methoxy groups -OCH3 is 1. The summed E-state index contributed by atoms with van der Waals surface area (Å²) in [7, 11) is 3.45. The first-order chi connectivity index (χ1) is 7.69. The Morgan fingerprint density at radius 3 is 2.88 bits per heavy atom. The fraction of sp³-hybridized carbons (Fsp3) is 0.636. The number of aryl methyl sites for hydroxylation is 1. The van der Waals surface area contributed by atoms with E-state index in [9.17, 15) is 4.79 Å². The lowest BCUT2D eigenvalue weighted by atomic mass is 10.3. The summed E-state index contributed by atoms with van der Waals surface area (Å²) < 4.78 is 6.67. The fourth-order valence-electron chi connectivity index (χ4n) is 1.53. The van der Waals surface area contributed by atoms with E-state index in [-0.39, 0.29) is 5.56 Å². The number of nitrogens with zero attached hydrogens (tertiary/aromatic N) is 2. The third-order valence-electron chi connectivity index (χ3n) is 2.34. The Bertz CT molecular complexity index is 387. The maximum atomic E-state index is 11.7. The zero-order valence-electron chi connectivity index (χ0n) is 10.1. The minimum Gasteiger partial charge on any atom is -0.468 e. The second kappa shape index (κ2) is 6.27. The van der Waals surface area contributed by atoms with Gasteiger partial charge in [-0.15, -0.1) is 0 Å². The van der Waals surface area contributed by atoms with Crippen molar-refractivity contribution in [2.24, 2.45) is 0 Å². The van der Waals surface area contributed by atoms with E-state index >= 15 is 0 Å². The number of rotatable bonds is 6. The molecule has 0 spiro atoms. The Hall–Kier alpha value is -1.36. The van der Waals surface area contributed by atoms with Gasteiger partial charge in [-0.05, 0) is 33.4 Å². The molecule has 0 aliphatic heterocycles. The van der Waals surface area contributed by atoms with E-state index in [1.807, 2.05) is 7.05 Å². The van der Waals surface area contributed by atoms with E-state index in [0.29, 0.717) is 18.2 Å². The van der Waals surface area contributed by atoms with Crippen molar-refractivity contribution < 1.29 is 4.74 Å². The lowest BCUT2D eigenvalue weighted by Crippen LogP contribution is -2.23. The Labute approximate surface area is 95.5 Å². The highest BCUT2D eigenvalue weighted by Gasteiger charge is 2.06. The van der Waals surface area contributed by atoms with Crippen LogP contribution in [0.25, 0.3) is 0 Å². The SMILES string of the molecule is CNCCCCn1c(OC)nc(C)cc1=O. The van der Waals surface area contributed by atoms with Crippen LogP contribution in [0.3, 0.4) is 0 Å². The Balaban J connectivity index is 2.74. The van der Waals surface area contributed by atoms with Gasteiger partial charge < -0.3 is 10.1 Å². The zero-order chi connectivity index (χ0) is 12.0. The number of ether oxygens (including phenoxy) is 1. The molecule has 16 heavy (non-hydrogen) atoms. The van der Waals surface area contributed by atoms with Crippen molar-refractivity contribution in [1.29, 1.82) is 0 Å². The first kappa shape index (κ1) is 12.7. The molecule has 90 valence electrons. The molecule has 0 aliphatic carbocycles. The van der Waals surface area contributed by atoms with E-state index in [1.54, 1.807) is 11.5 Å². The zero-order valence-corrected chi connectivity index (χ0v) is 10.1. The molecule has 0 saturated heterocycles. The van der Waals surface area contributed by atoms with Gasteiger partial charge in [-0.3, -0.25) is 9.36 Å². The largest absolute Gasteiger partial charge is 0.468 e. The average molecular weight is 225 g/mol. The topological polar surface area (TPSA) is 56.1 Å². The van der Waals surface area contributed by atoms with Crippen LogP contribution >= 0.6 is 0 Å². The average Bonchev–Trinajstić information content (AvgIpc) is 2.26. The van der Waals surface area contributed by atoms with E-state index in [4.69, 9.17) is 4.74 Å². The molecule has 1 N–H and O–H groups in total. The quantitative estimate of drug-likeness (QED) is 0.719. The van der Waals surface area contributed by atoms with Gasteiger partial charge in [-0.2, -0.15) is 0 Å². The van der Waals surface area contributed by atoms with Crippen molar-refractivity contribution in [2.75, 3.05) is 20.7 Å². The fourth-order valence-corrected chi connectivity index (χ4v) is 1.53. The number of aromatic nitrogens is 2. The second-order valence-corrected chi connectivity index (χ2v) is 3.68. The molecule has 0 amide bonds. The number of hydrogen-bond acceptors (Lipinski definition) is 4. The first-order valence-electron chi connectivity index (χ1n) is 5.46. The molecule has 0 saturated carbocycles. The lowest BCUT2D eigenvalue weighted by Gasteiger charge is -2.10. The third kappa shape index (κ3) is 3.34. The van der Waals surface area contributed by atoms with E-state index in [2.05, 4.69) is 10.3 Å². The van der Waals surface area contributed by atoms with Crippen LogP contribution in [0.15, 0.2) is 10.9 Å². The summed E-state index contributed by atoms with van der Waals surface area (Å²) in [4.78, 5) is 15.9. The van der Waals surface area contributed by atoms with Gasteiger partial charge in [0.2, 0.25) is 0 Å². The predicted octanol–water partition coefficient (Wildman–Crippen LogP) is 0.560. The van der Waals surface area contributed by atoms with Crippen LogP contribution in [-0.2, 0) is 6.54 Å². The maximum absolute atomic E-state index is 11.7. The standard InChI is InChI=1S/C11H19N3O2/c1-9-8-10(15)14(11(13-9)16-3)7-5-4-6-12-2/h8,12H,4-7H2,1-3H3. The molecule has 0 bridgehead atoms. The number of nitrogens with one attached hydrogen (secondary N) is 1. The molecule has 0 radical (unpaired) electrons. The molecule has 5 nitrogen and oxygen atoms in total. The second-order valence-electron chi connectivity index (χ2n) is 3.68. The molecule has 1 heterocycles. The van der Waals surface area contributed by atoms with Gasteiger partial charge >= 0.3 is 0 Å². The molecule has 5 heteroatoms. The predicted molar refractivity (Wildman–Crippen MR) is 62.9 cm³/mol. The Morgan fingerprint density at radius 1 is 1.50 bits per heavy atom. The van der Waals surface area contributed by atoms with Gasteiger partial charge in [0.05, 0.1) is 7.11 Å². The molecule has 1 aromatic heterocycles. The van der Waals surface area contributed by atoms with Crippen LogP contribution in [0.5, 0.6) is 6.01 Å². The smallest absolute Gasteiger partial charge is 0.299 e. The summed E-state index contributed by atoms with van der Waals surface area (Å²) >= 11 is 0. The van der Waals surface area contributed by atoms with Gasteiger partial charge in [-0.1, -0.05) is 0 Å². The van der Waals surface area contributed by atoms with E-state index < -0.39 is 0 Å². The van der Waals surface area contributed by atoms with Gasteiger partial charge in [0.25, 0.3) is 11.6 Å². The van der Waals surface area contributed by atoms with E-state index in [1.165, 1.54) is 13.2 Å². The van der Waals surface area contributed by atoms with Crippen molar-refractivity contribution >= 4 is 0 Å². The number of unbranched alkanes of at least 4 members (excludes halogenated alkanes) is 1. The normalized spacial score (nSPS) is 10.4. The molecule has 1 aromatic rings. The van der Waals surface area contributed by atoms with Gasteiger partial charge in [0, 0.05) is 18.3 Å². The third-order valence-corrected chi connectivity index (χ3v) is 2.34. The van der Waals surface area contributed by atoms with Gasteiger partial charge in [0.1, 0.15) is 0 Å². The van der Waals surface area contributed by atoms with Gasteiger partial charge in [0.15, 0.2) is 0 Å². The highest BCUT2D eigenvalue weighted by atomic mass is 16.5. The molecular formula is C11H19N3O2. The van der Waals surface area contributed by atoms with Crippen molar-refractivity contribution in [1.82, 2.24) is 14.9 Å². The number of hydrogen-bond donors (Lipinski definition) is 1. The summed E-state index contributed by atoms with van der Waals surface area (Å²) in [6, 6.07) is 1.93. The molecule has 0 unspecified atom stereocenters. The monoisotopic (exact) mass is 225 g/mol. The Kier molecular flexibility index (Phi) is 4.98. The van der Waals surface area contributed by atoms with Crippen LogP contribution in [0, 0.1) is 6.92 Å². The van der Waals surface area contributed by atoms with Crippen molar-refractivity contribution in [3.63, 3.8) is 0 Å². The van der Waals surface area contributed by atoms with Gasteiger partial charge in [-0.25, -0.2) is 4.98 Å². The molecule has 0 fully saturated rings. The minimum atomic E-state index is -0.0474. The molecule has 0 atom stereocenters. The minimum absolute atomic E-state index is 0.0474. The summed E-state index contributed by atoms with van der Waals surface area (Å²) in [5, 5.41) is 3.07. The summed E-state index contributed by atoms with van der Waals surface area (Å²) in [5.74, 6) is 0.